The number of nitrogens with zero attached hydrogens (tertiary/aromatic N) is 3. The number of aromatic nitrogens is 2. The first-order valence-electron chi connectivity index (χ1n) is 8.73. The second-order valence-electron chi connectivity index (χ2n) is 7.42. The Kier molecular flexibility index (Phi) is 6.18. The van der Waals surface area contributed by atoms with Gasteiger partial charge < -0.3 is 26.1 Å². The van der Waals surface area contributed by atoms with Crippen molar-refractivity contribution in [1.82, 2.24) is 20.2 Å². The van der Waals surface area contributed by atoms with Crippen LogP contribution in [0, 0.1) is 5.41 Å². The van der Waals surface area contributed by atoms with E-state index in [1.165, 1.54) is 6.20 Å². The predicted molar refractivity (Wildman–Crippen MR) is 102 cm³/mol. The zero-order valence-corrected chi connectivity index (χ0v) is 15.9. The first kappa shape index (κ1) is 19.7. The van der Waals surface area contributed by atoms with Crippen molar-refractivity contribution in [1.29, 1.82) is 5.41 Å². The largest absolute Gasteiger partial charge is 0.444 e. The van der Waals surface area contributed by atoms with Crippen LogP contribution in [0.2, 0.25) is 0 Å². The summed E-state index contributed by atoms with van der Waals surface area (Å²) >= 11 is 0. The third-order valence-electron chi connectivity index (χ3n) is 3.96. The number of hydrogen-bond acceptors (Lipinski definition) is 7. The van der Waals surface area contributed by atoms with Crippen molar-refractivity contribution >= 4 is 23.2 Å². The summed E-state index contributed by atoms with van der Waals surface area (Å²) < 4.78 is 5.41. The molecule has 0 aliphatic carbocycles. The Hall–Kier alpha value is -2.64. The molecule has 0 aromatic carbocycles. The van der Waals surface area contributed by atoms with Crippen molar-refractivity contribution < 1.29 is 9.53 Å². The van der Waals surface area contributed by atoms with E-state index in [1.54, 1.807) is 24.2 Å². The third-order valence-corrected chi connectivity index (χ3v) is 3.96. The van der Waals surface area contributed by atoms with E-state index < -0.39 is 5.60 Å². The van der Waals surface area contributed by atoms with Crippen LogP contribution in [-0.2, 0) is 4.74 Å². The number of likely N-dealkylation sites (tertiary alicyclic amines) is 1. The maximum atomic E-state index is 12.1. The maximum Gasteiger partial charge on any atom is 0.410 e. The lowest BCUT2D eigenvalue weighted by molar-refractivity contribution is 0.0201. The van der Waals surface area contributed by atoms with Gasteiger partial charge in [0, 0.05) is 36.6 Å². The summed E-state index contributed by atoms with van der Waals surface area (Å²) in [5, 5.41) is 11.3. The zero-order chi connectivity index (χ0) is 19.3. The van der Waals surface area contributed by atoms with Gasteiger partial charge in [-0.2, -0.15) is 0 Å². The minimum Gasteiger partial charge on any atom is -0.444 e. The highest BCUT2D eigenvalue weighted by Gasteiger charge is 2.26. The van der Waals surface area contributed by atoms with Gasteiger partial charge in [0.15, 0.2) is 0 Å². The number of nitrogens with one attached hydrogen (secondary N) is 2. The molecular weight excluding hydrogens is 332 g/mol. The van der Waals surface area contributed by atoms with E-state index >= 15 is 0 Å². The lowest BCUT2D eigenvalue weighted by Gasteiger charge is -2.33. The number of nitrogens with two attached hydrogens (primary N) is 1. The van der Waals surface area contributed by atoms with E-state index in [2.05, 4.69) is 15.3 Å². The molecule has 0 spiro atoms. The molecule has 2 rings (SSSR count). The highest BCUT2D eigenvalue weighted by Crippen LogP contribution is 2.17. The molecule has 0 radical (unpaired) electrons. The first-order valence-corrected chi connectivity index (χ1v) is 8.73. The lowest BCUT2D eigenvalue weighted by atomic mass is 10.0. The van der Waals surface area contributed by atoms with Crippen LogP contribution in [0.3, 0.4) is 0 Å². The molecule has 8 nitrogen and oxygen atoms in total. The monoisotopic (exact) mass is 360 g/mol. The Morgan fingerprint density at radius 3 is 2.50 bits per heavy atom. The topological polar surface area (TPSA) is 117 Å². The SMILES string of the molecule is CC(=N)/C(=C\NC1CCN(C(=O)OC(C)(C)C)CC1)c1cnc(N)cn1. The lowest BCUT2D eigenvalue weighted by Crippen LogP contribution is -2.45. The second-order valence-corrected chi connectivity index (χ2v) is 7.42. The van der Waals surface area contributed by atoms with Gasteiger partial charge in [-0.1, -0.05) is 0 Å². The molecule has 0 saturated carbocycles. The molecule has 0 bridgehead atoms. The molecule has 1 aliphatic heterocycles. The van der Waals surface area contributed by atoms with Crippen molar-refractivity contribution in [2.24, 2.45) is 0 Å². The first-order chi connectivity index (χ1) is 12.2. The molecule has 0 atom stereocenters. The fraction of sp³-hybridized carbons (Fsp3) is 0.556. The van der Waals surface area contributed by atoms with Gasteiger partial charge in [0.05, 0.1) is 18.1 Å². The van der Waals surface area contributed by atoms with Gasteiger partial charge in [-0.15, -0.1) is 0 Å². The van der Waals surface area contributed by atoms with E-state index in [9.17, 15) is 4.79 Å². The van der Waals surface area contributed by atoms with Gasteiger partial charge in [-0.05, 0) is 40.5 Å². The molecule has 4 N–H and O–H groups in total. The Balaban J connectivity index is 1.93. The van der Waals surface area contributed by atoms with E-state index in [0.717, 1.165) is 12.8 Å². The van der Waals surface area contributed by atoms with Crippen LogP contribution in [-0.4, -0.2) is 51.4 Å². The summed E-state index contributed by atoms with van der Waals surface area (Å²) in [4.78, 5) is 22.1. The molecule has 1 saturated heterocycles. The third kappa shape index (κ3) is 5.72. The van der Waals surface area contributed by atoms with Crippen LogP contribution in [0.15, 0.2) is 18.6 Å². The molecule has 1 aliphatic rings. The van der Waals surface area contributed by atoms with Crippen LogP contribution in [0.4, 0.5) is 10.6 Å². The van der Waals surface area contributed by atoms with Gasteiger partial charge in [0.25, 0.3) is 0 Å². The van der Waals surface area contributed by atoms with E-state index in [1.807, 2.05) is 20.8 Å². The number of allylic oxidation sites excluding steroid dienone is 1. The summed E-state index contributed by atoms with van der Waals surface area (Å²) in [6.45, 7) is 8.58. The summed E-state index contributed by atoms with van der Waals surface area (Å²) in [6.07, 6.45) is 6.20. The highest BCUT2D eigenvalue weighted by molar-refractivity contribution is 6.20. The van der Waals surface area contributed by atoms with Crippen molar-refractivity contribution in [2.45, 2.75) is 52.2 Å². The number of carbonyl (C=O) groups excluding carboxylic acids is 1. The van der Waals surface area contributed by atoms with Crippen LogP contribution >= 0.6 is 0 Å². The quantitative estimate of drug-likeness (QED) is 0.710. The number of carbonyl (C=O) groups is 1. The Morgan fingerprint density at radius 2 is 2.00 bits per heavy atom. The van der Waals surface area contributed by atoms with Gasteiger partial charge in [0.2, 0.25) is 0 Å². The van der Waals surface area contributed by atoms with Crippen LogP contribution < -0.4 is 11.1 Å². The minimum absolute atomic E-state index is 0.227. The molecule has 8 heteroatoms. The highest BCUT2D eigenvalue weighted by atomic mass is 16.6. The number of ether oxygens (including phenoxy) is 1. The van der Waals surface area contributed by atoms with E-state index in [4.69, 9.17) is 15.9 Å². The molecule has 142 valence electrons. The molecule has 26 heavy (non-hydrogen) atoms. The molecule has 0 unspecified atom stereocenters. The average Bonchev–Trinajstić information content (AvgIpc) is 2.55. The summed E-state index contributed by atoms with van der Waals surface area (Å²) in [5.74, 6) is 0.346. The molecule has 1 fully saturated rings. The second kappa shape index (κ2) is 8.16. The fourth-order valence-corrected chi connectivity index (χ4v) is 2.61. The summed E-state index contributed by atoms with van der Waals surface area (Å²) in [7, 11) is 0. The maximum absolute atomic E-state index is 12.1. The Morgan fingerprint density at radius 1 is 1.35 bits per heavy atom. The molecule has 1 aromatic heterocycles. The van der Waals surface area contributed by atoms with Gasteiger partial charge in [-0.25, -0.2) is 9.78 Å². The molecular formula is C18H28N6O2. The van der Waals surface area contributed by atoms with Gasteiger partial charge in [0.1, 0.15) is 11.4 Å². The number of hydrogen-bond donors (Lipinski definition) is 3. The predicted octanol–water partition coefficient (Wildman–Crippen LogP) is 2.43. The number of amides is 1. The summed E-state index contributed by atoms with van der Waals surface area (Å²) in [6, 6.07) is 0.227. The van der Waals surface area contributed by atoms with Crippen molar-refractivity contribution in [3.8, 4) is 0 Å². The molecule has 1 amide bonds. The summed E-state index contributed by atoms with van der Waals surface area (Å²) in [5.41, 5.74) is 6.75. The normalized spacial score (nSPS) is 16.3. The van der Waals surface area contributed by atoms with Crippen molar-refractivity contribution in [2.75, 3.05) is 18.8 Å². The Labute approximate surface area is 154 Å². The molecule has 2 heterocycles. The van der Waals surface area contributed by atoms with Gasteiger partial charge in [-0.3, -0.25) is 4.98 Å². The zero-order valence-electron chi connectivity index (χ0n) is 15.9. The van der Waals surface area contributed by atoms with Gasteiger partial charge >= 0.3 is 6.09 Å². The van der Waals surface area contributed by atoms with Crippen LogP contribution in [0.25, 0.3) is 5.57 Å². The van der Waals surface area contributed by atoms with E-state index in [0.29, 0.717) is 35.9 Å². The smallest absolute Gasteiger partial charge is 0.410 e. The number of rotatable bonds is 4. The van der Waals surface area contributed by atoms with Crippen LogP contribution in [0.5, 0.6) is 0 Å². The fourth-order valence-electron chi connectivity index (χ4n) is 2.61. The van der Waals surface area contributed by atoms with Crippen molar-refractivity contribution in [3.05, 3.63) is 24.3 Å². The molecule has 1 aromatic rings. The number of nitrogen functional groups attached to an aromatic ring is 1. The van der Waals surface area contributed by atoms with Crippen LogP contribution in [0.1, 0.15) is 46.2 Å². The minimum atomic E-state index is -0.481. The average molecular weight is 360 g/mol. The van der Waals surface area contributed by atoms with E-state index in [-0.39, 0.29) is 12.1 Å². The van der Waals surface area contributed by atoms with Crippen molar-refractivity contribution in [3.63, 3.8) is 0 Å². The number of piperidine rings is 1. The Bertz CT molecular complexity index is 670. The standard InChI is InChI=1S/C18H28N6O2/c1-12(19)14(15-10-23-16(20)11-22-15)9-21-13-5-7-24(8-6-13)17(25)26-18(2,3)4/h9-11,13,19,21H,5-8H2,1-4H3,(H2,20,23)/b14-9+,19-12?. The number of anilines is 1.